The van der Waals surface area contributed by atoms with Crippen LogP contribution < -0.4 is 5.01 Å². The van der Waals surface area contributed by atoms with Crippen LogP contribution in [0.25, 0.3) is 0 Å². The van der Waals surface area contributed by atoms with E-state index in [-0.39, 0.29) is 11.9 Å². The molecule has 0 saturated heterocycles. The summed E-state index contributed by atoms with van der Waals surface area (Å²) < 4.78 is 13.4. The summed E-state index contributed by atoms with van der Waals surface area (Å²) in [5.74, 6) is -0.261. The maximum atomic E-state index is 13.4. The summed E-state index contributed by atoms with van der Waals surface area (Å²) in [7, 11) is 0. The number of hydrazone groups is 1. The van der Waals surface area contributed by atoms with E-state index in [0.29, 0.717) is 16.5 Å². The van der Waals surface area contributed by atoms with E-state index in [1.165, 1.54) is 12.1 Å². The molecule has 0 aromatic heterocycles. The van der Waals surface area contributed by atoms with E-state index in [1.807, 2.05) is 35.3 Å². The Hall–Kier alpha value is -2.36. The van der Waals surface area contributed by atoms with E-state index in [0.717, 1.165) is 22.5 Å². The molecule has 0 saturated carbocycles. The third kappa shape index (κ3) is 3.33. The average molecular weight is 385 g/mol. The van der Waals surface area contributed by atoms with Crippen molar-refractivity contribution in [1.82, 2.24) is 0 Å². The third-order valence-corrected chi connectivity index (χ3v) is 4.98. The fraction of sp³-hybridized carbons (Fsp3) is 0.0952. The smallest absolute Gasteiger partial charge is 0.123 e. The van der Waals surface area contributed by atoms with Crippen molar-refractivity contribution >= 4 is 34.6 Å². The van der Waals surface area contributed by atoms with Crippen LogP contribution in [0.5, 0.6) is 0 Å². The van der Waals surface area contributed by atoms with Gasteiger partial charge in [-0.3, -0.25) is 5.01 Å². The van der Waals surface area contributed by atoms with Crippen molar-refractivity contribution < 1.29 is 4.39 Å². The van der Waals surface area contributed by atoms with Crippen LogP contribution in [0.15, 0.2) is 77.9 Å². The molecule has 1 atom stereocenters. The maximum absolute atomic E-state index is 13.4. The average Bonchev–Trinajstić information content (AvgIpc) is 3.10. The van der Waals surface area contributed by atoms with Gasteiger partial charge in [-0.2, -0.15) is 5.10 Å². The van der Waals surface area contributed by atoms with Gasteiger partial charge in [-0.05, 0) is 41.5 Å². The van der Waals surface area contributed by atoms with E-state index in [9.17, 15) is 4.39 Å². The highest BCUT2D eigenvalue weighted by Crippen LogP contribution is 2.40. The summed E-state index contributed by atoms with van der Waals surface area (Å²) >= 11 is 12.6. The monoisotopic (exact) mass is 384 g/mol. The molecule has 5 heteroatoms. The van der Waals surface area contributed by atoms with Gasteiger partial charge in [0.25, 0.3) is 0 Å². The zero-order valence-electron chi connectivity index (χ0n) is 13.7. The van der Waals surface area contributed by atoms with Crippen LogP contribution in [0.4, 0.5) is 10.1 Å². The van der Waals surface area contributed by atoms with Gasteiger partial charge in [0.1, 0.15) is 5.82 Å². The number of nitrogens with zero attached hydrogens (tertiary/aromatic N) is 2. The first kappa shape index (κ1) is 17.1. The second-order valence-corrected chi connectivity index (χ2v) is 6.97. The fourth-order valence-electron chi connectivity index (χ4n) is 3.14. The lowest BCUT2D eigenvalue weighted by Gasteiger charge is -2.25. The molecule has 1 aliphatic heterocycles. The third-order valence-electron chi connectivity index (χ3n) is 4.43. The second-order valence-electron chi connectivity index (χ2n) is 6.12. The van der Waals surface area contributed by atoms with Gasteiger partial charge >= 0.3 is 0 Å². The molecule has 1 heterocycles. The minimum absolute atomic E-state index is 0.0817. The molecule has 0 bridgehead atoms. The van der Waals surface area contributed by atoms with Crippen LogP contribution in [0.2, 0.25) is 10.0 Å². The summed E-state index contributed by atoms with van der Waals surface area (Å²) in [6, 6.07) is 21.7. The lowest BCUT2D eigenvalue weighted by Crippen LogP contribution is -2.19. The van der Waals surface area contributed by atoms with E-state index >= 15 is 0 Å². The van der Waals surface area contributed by atoms with Gasteiger partial charge in [0.2, 0.25) is 0 Å². The summed E-state index contributed by atoms with van der Waals surface area (Å²) in [6.45, 7) is 0. The molecule has 26 heavy (non-hydrogen) atoms. The number of rotatable bonds is 3. The van der Waals surface area contributed by atoms with Gasteiger partial charge in [-0.25, -0.2) is 4.39 Å². The molecule has 1 unspecified atom stereocenters. The van der Waals surface area contributed by atoms with Gasteiger partial charge in [-0.1, -0.05) is 65.7 Å². The first-order valence-electron chi connectivity index (χ1n) is 8.24. The van der Waals surface area contributed by atoms with Crippen LogP contribution in [0.1, 0.15) is 23.6 Å². The molecule has 0 radical (unpaired) electrons. The van der Waals surface area contributed by atoms with E-state index < -0.39 is 0 Å². The maximum Gasteiger partial charge on any atom is 0.123 e. The lowest BCUT2D eigenvalue weighted by atomic mass is 9.98. The Morgan fingerprint density at radius 1 is 0.923 bits per heavy atom. The molecule has 0 fully saturated rings. The largest absolute Gasteiger partial charge is 0.256 e. The molecule has 1 aliphatic rings. The molecule has 0 N–H and O–H groups in total. The molecule has 0 spiro atoms. The highest BCUT2D eigenvalue weighted by atomic mass is 35.5. The molecular weight excluding hydrogens is 370 g/mol. The predicted molar refractivity (Wildman–Crippen MR) is 106 cm³/mol. The van der Waals surface area contributed by atoms with Crippen LogP contribution in [0.3, 0.4) is 0 Å². The number of benzene rings is 3. The highest BCUT2D eigenvalue weighted by Gasteiger charge is 2.31. The van der Waals surface area contributed by atoms with Gasteiger partial charge in [-0.15, -0.1) is 0 Å². The number of anilines is 1. The van der Waals surface area contributed by atoms with E-state index in [4.69, 9.17) is 28.3 Å². The molecule has 0 amide bonds. The van der Waals surface area contributed by atoms with Crippen LogP contribution >= 0.6 is 23.2 Å². The Kier molecular flexibility index (Phi) is 4.66. The Balaban J connectivity index is 1.80. The number of halogens is 3. The SMILES string of the molecule is Fc1ccc(C2CC(c3ccccc3)=NN2c2cc(Cl)ccc2Cl)cc1. The molecule has 4 rings (SSSR count). The minimum atomic E-state index is -0.261. The van der Waals surface area contributed by atoms with Crippen molar-refractivity contribution in [3.8, 4) is 0 Å². The normalized spacial score (nSPS) is 16.7. The molecule has 3 aromatic carbocycles. The zero-order valence-corrected chi connectivity index (χ0v) is 15.3. The Labute approximate surface area is 161 Å². The number of hydrogen-bond acceptors (Lipinski definition) is 2. The topological polar surface area (TPSA) is 15.6 Å². The quantitative estimate of drug-likeness (QED) is 0.503. The molecule has 3 aromatic rings. The lowest BCUT2D eigenvalue weighted by molar-refractivity contribution is 0.624. The predicted octanol–water partition coefficient (Wildman–Crippen LogP) is 6.49. The van der Waals surface area contributed by atoms with Crippen molar-refractivity contribution in [3.63, 3.8) is 0 Å². The standard InChI is InChI=1S/C21H15Cl2FN2/c22-16-8-11-18(23)21(12-16)26-20(15-6-9-17(24)10-7-15)13-19(25-26)14-4-2-1-3-5-14/h1-12,20H,13H2. The summed E-state index contributed by atoms with van der Waals surface area (Å²) in [5, 5.41) is 7.86. The molecule has 2 nitrogen and oxygen atoms in total. The van der Waals surface area contributed by atoms with Gasteiger partial charge in [0.15, 0.2) is 0 Å². The van der Waals surface area contributed by atoms with Crippen molar-refractivity contribution in [1.29, 1.82) is 0 Å². The fourth-order valence-corrected chi connectivity index (χ4v) is 3.51. The molecular formula is C21H15Cl2FN2. The Morgan fingerprint density at radius 3 is 2.38 bits per heavy atom. The van der Waals surface area contributed by atoms with E-state index in [1.54, 1.807) is 30.3 Å². The first-order valence-corrected chi connectivity index (χ1v) is 9.00. The van der Waals surface area contributed by atoms with Crippen molar-refractivity contribution in [3.05, 3.63) is 99.8 Å². The van der Waals surface area contributed by atoms with Crippen molar-refractivity contribution in [2.75, 3.05) is 5.01 Å². The van der Waals surface area contributed by atoms with Crippen LogP contribution in [-0.4, -0.2) is 5.71 Å². The van der Waals surface area contributed by atoms with Gasteiger partial charge < -0.3 is 0 Å². The van der Waals surface area contributed by atoms with Crippen LogP contribution in [-0.2, 0) is 0 Å². The van der Waals surface area contributed by atoms with Gasteiger partial charge in [0, 0.05) is 11.4 Å². The Bertz CT molecular complexity index is 956. The highest BCUT2D eigenvalue weighted by molar-refractivity contribution is 6.35. The second kappa shape index (κ2) is 7.10. The van der Waals surface area contributed by atoms with Crippen molar-refractivity contribution in [2.24, 2.45) is 5.10 Å². The number of hydrogen-bond donors (Lipinski definition) is 0. The van der Waals surface area contributed by atoms with Gasteiger partial charge in [0.05, 0.1) is 22.5 Å². The molecule has 0 aliphatic carbocycles. The first-order chi connectivity index (χ1) is 12.6. The summed E-state index contributed by atoms with van der Waals surface area (Å²) in [5.41, 5.74) is 3.72. The Morgan fingerprint density at radius 2 is 1.65 bits per heavy atom. The van der Waals surface area contributed by atoms with Crippen molar-refractivity contribution in [2.45, 2.75) is 12.5 Å². The molecule has 130 valence electrons. The zero-order chi connectivity index (χ0) is 18.1. The van der Waals surface area contributed by atoms with Crippen LogP contribution in [0, 0.1) is 5.82 Å². The minimum Gasteiger partial charge on any atom is -0.256 e. The summed E-state index contributed by atoms with van der Waals surface area (Å²) in [6.07, 6.45) is 0.693. The van der Waals surface area contributed by atoms with E-state index in [2.05, 4.69) is 0 Å². The summed E-state index contributed by atoms with van der Waals surface area (Å²) in [4.78, 5) is 0.